The van der Waals surface area contributed by atoms with Gasteiger partial charge in [-0.25, -0.2) is 0 Å². The molecule has 0 spiro atoms. The smallest absolute Gasteiger partial charge is 0.164 e. The number of tetrazole rings is 1. The third-order valence-corrected chi connectivity index (χ3v) is 2.01. The Labute approximate surface area is 82.6 Å². The summed E-state index contributed by atoms with van der Waals surface area (Å²) >= 11 is 0. The second-order valence-corrected chi connectivity index (χ2v) is 3.17. The Kier molecular flexibility index (Phi) is 2.26. The minimum Gasteiger partial charge on any atom is -0.164 e. The maximum Gasteiger partial charge on any atom is 0.204 e. The molecule has 0 aliphatic heterocycles. The van der Waals surface area contributed by atoms with Crippen molar-refractivity contribution < 1.29 is 0 Å². The van der Waals surface area contributed by atoms with Crippen LogP contribution in [0.5, 0.6) is 0 Å². The molecule has 1 aromatic heterocycles. The average molecular weight is 188 g/mol. The van der Waals surface area contributed by atoms with Crippen molar-refractivity contribution in [2.24, 2.45) is 0 Å². The van der Waals surface area contributed by atoms with Gasteiger partial charge in [-0.15, -0.1) is 10.2 Å². The fraction of sp³-hybridized carbons (Fsp3) is 0.300. The summed E-state index contributed by atoms with van der Waals surface area (Å²) in [4.78, 5) is 1.58. The van der Waals surface area contributed by atoms with Crippen molar-refractivity contribution in [3.63, 3.8) is 0 Å². The third-order valence-electron chi connectivity index (χ3n) is 2.01. The minimum atomic E-state index is 0.690. The number of hydrogen-bond acceptors (Lipinski definition) is 3. The molecule has 0 atom stereocenters. The van der Waals surface area contributed by atoms with Crippen molar-refractivity contribution >= 4 is 0 Å². The first-order chi connectivity index (χ1) is 6.79. The summed E-state index contributed by atoms with van der Waals surface area (Å²) in [6, 6.07) is 8.09. The minimum absolute atomic E-state index is 0.690. The van der Waals surface area contributed by atoms with Gasteiger partial charge in [-0.2, -0.15) is 4.80 Å². The van der Waals surface area contributed by atoms with E-state index < -0.39 is 0 Å². The molecular formula is C10H12N4. The number of aromatic nitrogens is 4. The standard InChI is InChI=1S/C10H12N4/c1-3-14-12-10(11-13-14)9-6-4-5-8(2)7-9/h4-7H,3H2,1-2H3. The summed E-state index contributed by atoms with van der Waals surface area (Å²) in [7, 11) is 0. The van der Waals surface area contributed by atoms with Gasteiger partial charge >= 0.3 is 0 Å². The molecule has 0 aliphatic rings. The summed E-state index contributed by atoms with van der Waals surface area (Å²) in [5.74, 6) is 0.690. The van der Waals surface area contributed by atoms with Crippen LogP contribution >= 0.6 is 0 Å². The highest BCUT2D eigenvalue weighted by Gasteiger charge is 2.03. The van der Waals surface area contributed by atoms with Gasteiger partial charge in [0, 0.05) is 5.56 Å². The van der Waals surface area contributed by atoms with Gasteiger partial charge in [-0.1, -0.05) is 23.8 Å². The molecule has 0 fully saturated rings. The van der Waals surface area contributed by atoms with Crippen LogP contribution in [0.4, 0.5) is 0 Å². The fourth-order valence-corrected chi connectivity index (χ4v) is 1.28. The lowest BCUT2D eigenvalue weighted by Crippen LogP contribution is -1.98. The molecule has 0 bridgehead atoms. The van der Waals surface area contributed by atoms with Crippen molar-refractivity contribution in [2.45, 2.75) is 20.4 Å². The molecule has 0 radical (unpaired) electrons. The predicted molar refractivity (Wildman–Crippen MR) is 53.7 cm³/mol. The van der Waals surface area contributed by atoms with Crippen LogP contribution < -0.4 is 0 Å². The number of nitrogens with zero attached hydrogens (tertiary/aromatic N) is 4. The fourth-order valence-electron chi connectivity index (χ4n) is 1.28. The third kappa shape index (κ3) is 1.64. The number of aryl methyl sites for hydroxylation is 2. The van der Waals surface area contributed by atoms with Gasteiger partial charge in [0.25, 0.3) is 0 Å². The molecule has 0 unspecified atom stereocenters. The van der Waals surface area contributed by atoms with E-state index in [9.17, 15) is 0 Å². The first-order valence-electron chi connectivity index (χ1n) is 4.64. The maximum absolute atomic E-state index is 4.23. The number of hydrogen-bond donors (Lipinski definition) is 0. The van der Waals surface area contributed by atoms with Crippen LogP contribution in [0.1, 0.15) is 12.5 Å². The van der Waals surface area contributed by atoms with E-state index in [0.717, 1.165) is 12.1 Å². The highest BCUT2D eigenvalue weighted by atomic mass is 15.6. The Balaban J connectivity index is 2.39. The van der Waals surface area contributed by atoms with Crippen LogP contribution in [-0.4, -0.2) is 20.2 Å². The summed E-state index contributed by atoms with van der Waals surface area (Å²) in [5, 5.41) is 12.1. The van der Waals surface area contributed by atoms with Crippen LogP contribution in [0.3, 0.4) is 0 Å². The molecule has 2 rings (SSSR count). The van der Waals surface area contributed by atoms with Gasteiger partial charge in [-0.05, 0) is 25.1 Å². The Morgan fingerprint density at radius 1 is 1.36 bits per heavy atom. The summed E-state index contributed by atoms with van der Waals surface area (Å²) in [5.41, 5.74) is 2.22. The van der Waals surface area contributed by atoms with Crippen LogP contribution in [0.15, 0.2) is 24.3 Å². The van der Waals surface area contributed by atoms with Gasteiger partial charge < -0.3 is 0 Å². The molecule has 4 nitrogen and oxygen atoms in total. The molecular weight excluding hydrogens is 176 g/mol. The lowest BCUT2D eigenvalue weighted by Gasteiger charge is -1.95. The van der Waals surface area contributed by atoms with Crippen LogP contribution in [-0.2, 0) is 6.54 Å². The van der Waals surface area contributed by atoms with E-state index in [0.29, 0.717) is 5.82 Å². The Morgan fingerprint density at radius 2 is 2.21 bits per heavy atom. The van der Waals surface area contributed by atoms with E-state index >= 15 is 0 Å². The molecule has 1 heterocycles. The molecule has 2 aromatic rings. The predicted octanol–water partition coefficient (Wildman–Crippen LogP) is 1.67. The monoisotopic (exact) mass is 188 g/mol. The van der Waals surface area contributed by atoms with Gasteiger partial charge in [0.2, 0.25) is 5.82 Å². The highest BCUT2D eigenvalue weighted by molar-refractivity contribution is 5.54. The molecule has 0 aliphatic carbocycles. The van der Waals surface area contributed by atoms with Gasteiger partial charge in [0.1, 0.15) is 0 Å². The van der Waals surface area contributed by atoms with Crippen molar-refractivity contribution in [2.75, 3.05) is 0 Å². The van der Waals surface area contributed by atoms with E-state index in [1.807, 2.05) is 32.0 Å². The number of benzene rings is 1. The van der Waals surface area contributed by atoms with Crippen molar-refractivity contribution in [1.82, 2.24) is 20.2 Å². The van der Waals surface area contributed by atoms with Crippen LogP contribution in [0, 0.1) is 6.92 Å². The van der Waals surface area contributed by atoms with E-state index in [2.05, 4.69) is 21.5 Å². The molecule has 0 saturated carbocycles. The highest BCUT2D eigenvalue weighted by Crippen LogP contribution is 2.14. The number of rotatable bonds is 2. The van der Waals surface area contributed by atoms with Crippen molar-refractivity contribution in [1.29, 1.82) is 0 Å². The van der Waals surface area contributed by atoms with E-state index in [1.165, 1.54) is 5.56 Å². The molecule has 4 heteroatoms. The molecule has 0 saturated heterocycles. The topological polar surface area (TPSA) is 43.6 Å². The van der Waals surface area contributed by atoms with Crippen LogP contribution in [0.2, 0.25) is 0 Å². The van der Waals surface area contributed by atoms with Crippen molar-refractivity contribution in [3.8, 4) is 11.4 Å². The maximum atomic E-state index is 4.23. The normalized spacial score (nSPS) is 10.4. The SMILES string of the molecule is CCn1nnc(-c2cccc(C)c2)n1. The quantitative estimate of drug-likeness (QED) is 0.720. The van der Waals surface area contributed by atoms with E-state index in [-0.39, 0.29) is 0 Å². The van der Waals surface area contributed by atoms with Gasteiger partial charge in [-0.3, -0.25) is 0 Å². The lowest BCUT2D eigenvalue weighted by molar-refractivity contribution is 0.553. The molecule has 1 aromatic carbocycles. The summed E-state index contributed by atoms with van der Waals surface area (Å²) in [6.45, 7) is 4.79. The van der Waals surface area contributed by atoms with Gasteiger partial charge in [0.05, 0.1) is 6.54 Å². The zero-order valence-electron chi connectivity index (χ0n) is 8.31. The molecule has 72 valence electrons. The second-order valence-electron chi connectivity index (χ2n) is 3.17. The van der Waals surface area contributed by atoms with Gasteiger partial charge in [0.15, 0.2) is 0 Å². The first-order valence-corrected chi connectivity index (χ1v) is 4.64. The summed E-state index contributed by atoms with van der Waals surface area (Å²) in [6.07, 6.45) is 0. The second kappa shape index (κ2) is 3.57. The molecule has 0 N–H and O–H groups in total. The molecule has 14 heavy (non-hydrogen) atoms. The van der Waals surface area contributed by atoms with E-state index in [1.54, 1.807) is 4.80 Å². The largest absolute Gasteiger partial charge is 0.204 e. The zero-order valence-corrected chi connectivity index (χ0v) is 8.31. The Morgan fingerprint density at radius 3 is 2.86 bits per heavy atom. The average Bonchev–Trinajstić information content (AvgIpc) is 2.66. The van der Waals surface area contributed by atoms with Crippen molar-refractivity contribution in [3.05, 3.63) is 29.8 Å². The summed E-state index contributed by atoms with van der Waals surface area (Å²) < 4.78 is 0. The lowest BCUT2D eigenvalue weighted by atomic mass is 10.1. The zero-order chi connectivity index (χ0) is 9.97. The Bertz CT molecular complexity index is 433. The Hall–Kier alpha value is -1.71. The van der Waals surface area contributed by atoms with E-state index in [4.69, 9.17) is 0 Å². The molecule has 0 amide bonds. The van der Waals surface area contributed by atoms with Crippen LogP contribution in [0.25, 0.3) is 11.4 Å². The first kappa shape index (κ1) is 8.87.